The number of pyridine rings is 1. The normalized spacial score (nSPS) is 10.4. The fraction of sp³-hybridized carbons (Fsp3) is 0.200. The average Bonchev–Trinajstić information content (AvgIpc) is 2.31. The van der Waals surface area contributed by atoms with E-state index in [2.05, 4.69) is 37.0 Å². The van der Waals surface area contributed by atoms with Crippen LogP contribution in [0.1, 0.15) is 22.4 Å². The monoisotopic (exact) mass is 239 g/mol. The van der Waals surface area contributed by atoms with Gasteiger partial charge in [-0.25, -0.2) is 0 Å². The van der Waals surface area contributed by atoms with Crippen molar-refractivity contribution in [2.45, 2.75) is 20.8 Å². The Hall–Kier alpha value is -2.16. The fourth-order valence-electron chi connectivity index (χ4n) is 2.01. The van der Waals surface area contributed by atoms with E-state index in [4.69, 9.17) is 11.1 Å². The summed E-state index contributed by atoms with van der Waals surface area (Å²) in [6, 6.07) is 10.1. The second kappa shape index (κ2) is 4.61. The standard InChI is InChI=1S/C15H17N3/c1-9-4-5-10(2)13(8-9)14-7-6-12(15(16)17)11(3)18-14/h4-8H,1-3H3,(H3,16,17). The number of nitrogen functional groups attached to an aromatic ring is 1. The molecule has 2 aromatic rings. The van der Waals surface area contributed by atoms with E-state index in [9.17, 15) is 0 Å². The zero-order chi connectivity index (χ0) is 13.3. The Morgan fingerprint density at radius 2 is 1.83 bits per heavy atom. The van der Waals surface area contributed by atoms with Gasteiger partial charge >= 0.3 is 0 Å². The molecule has 0 bridgehead atoms. The first-order chi connectivity index (χ1) is 8.49. The van der Waals surface area contributed by atoms with Crippen LogP contribution in [0.5, 0.6) is 0 Å². The molecule has 92 valence electrons. The molecule has 0 spiro atoms. The van der Waals surface area contributed by atoms with Crippen LogP contribution in [-0.4, -0.2) is 10.8 Å². The van der Waals surface area contributed by atoms with Gasteiger partial charge in [0.2, 0.25) is 0 Å². The minimum atomic E-state index is 0.0625. The Labute approximate surface area is 107 Å². The van der Waals surface area contributed by atoms with Crippen molar-refractivity contribution < 1.29 is 0 Å². The summed E-state index contributed by atoms with van der Waals surface area (Å²) in [6.07, 6.45) is 0. The van der Waals surface area contributed by atoms with Crippen molar-refractivity contribution in [1.29, 1.82) is 5.41 Å². The molecule has 0 radical (unpaired) electrons. The smallest absolute Gasteiger partial charge is 0.124 e. The first kappa shape index (κ1) is 12.3. The number of hydrogen-bond acceptors (Lipinski definition) is 2. The van der Waals surface area contributed by atoms with Crippen molar-refractivity contribution in [2.24, 2.45) is 5.73 Å². The van der Waals surface area contributed by atoms with Gasteiger partial charge in [-0.05, 0) is 44.5 Å². The van der Waals surface area contributed by atoms with Crippen molar-refractivity contribution in [2.75, 3.05) is 0 Å². The first-order valence-electron chi connectivity index (χ1n) is 5.88. The summed E-state index contributed by atoms with van der Waals surface area (Å²) in [4.78, 5) is 4.55. The second-order valence-corrected chi connectivity index (χ2v) is 4.56. The summed E-state index contributed by atoms with van der Waals surface area (Å²) < 4.78 is 0. The van der Waals surface area contributed by atoms with Crippen LogP contribution < -0.4 is 5.73 Å². The van der Waals surface area contributed by atoms with Gasteiger partial charge in [0.25, 0.3) is 0 Å². The largest absolute Gasteiger partial charge is 0.384 e. The SMILES string of the molecule is Cc1ccc(C)c(-c2ccc(C(=N)N)c(C)n2)c1. The Balaban J connectivity index is 2.55. The predicted octanol–water partition coefficient (Wildman–Crippen LogP) is 2.96. The molecule has 0 saturated carbocycles. The van der Waals surface area contributed by atoms with Crippen molar-refractivity contribution >= 4 is 5.84 Å². The average molecular weight is 239 g/mol. The zero-order valence-electron chi connectivity index (χ0n) is 10.9. The molecule has 3 heteroatoms. The van der Waals surface area contributed by atoms with E-state index in [1.165, 1.54) is 11.1 Å². The number of nitrogens with two attached hydrogens (primary N) is 1. The molecule has 3 nitrogen and oxygen atoms in total. The molecule has 0 aliphatic rings. The highest BCUT2D eigenvalue weighted by Crippen LogP contribution is 2.23. The quantitative estimate of drug-likeness (QED) is 0.625. The van der Waals surface area contributed by atoms with Crippen LogP contribution in [0.3, 0.4) is 0 Å². The minimum absolute atomic E-state index is 0.0625. The maximum Gasteiger partial charge on any atom is 0.124 e. The third kappa shape index (κ3) is 2.25. The number of rotatable bonds is 2. The van der Waals surface area contributed by atoms with Gasteiger partial charge in [-0.2, -0.15) is 0 Å². The van der Waals surface area contributed by atoms with E-state index in [0.717, 1.165) is 17.0 Å². The van der Waals surface area contributed by atoms with Gasteiger partial charge in [-0.3, -0.25) is 10.4 Å². The summed E-state index contributed by atoms with van der Waals surface area (Å²) in [5.74, 6) is 0.0625. The topological polar surface area (TPSA) is 62.8 Å². The van der Waals surface area contributed by atoms with Crippen LogP contribution in [0.25, 0.3) is 11.3 Å². The predicted molar refractivity (Wildman–Crippen MR) is 74.9 cm³/mol. The van der Waals surface area contributed by atoms with Crippen molar-refractivity contribution in [3.8, 4) is 11.3 Å². The molecule has 0 fully saturated rings. The third-order valence-electron chi connectivity index (χ3n) is 3.05. The molecule has 0 unspecified atom stereocenters. The number of aromatic nitrogens is 1. The van der Waals surface area contributed by atoms with Gasteiger partial charge in [-0.1, -0.05) is 17.7 Å². The summed E-state index contributed by atoms with van der Waals surface area (Å²) in [5, 5.41) is 7.47. The Morgan fingerprint density at radius 3 is 2.44 bits per heavy atom. The number of nitrogens with zero attached hydrogens (tertiary/aromatic N) is 1. The highest BCUT2D eigenvalue weighted by atomic mass is 14.8. The maximum absolute atomic E-state index is 7.47. The molecular formula is C15H17N3. The second-order valence-electron chi connectivity index (χ2n) is 4.56. The summed E-state index contributed by atoms with van der Waals surface area (Å²) in [6.45, 7) is 6.02. The van der Waals surface area contributed by atoms with Crippen LogP contribution in [0.4, 0.5) is 0 Å². The lowest BCUT2D eigenvalue weighted by molar-refractivity contribution is 1.18. The van der Waals surface area contributed by atoms with E-state index in [-0.39, 0.29) is 5.84 Å². The molecule has 2 rings (SSSR count). The van der Waals surface area contributed by atoms with Gasteiger partial charge in [0.1, 0.15) is 5.84 Å². The van der Waals surface area contributed by atoms with E-state index in [1.807, 2.05) is 19.1 Å². The number of benzene rings is 1. The lowest BCUT2D eigenvalue weighted by Gasteiger charge is -2.09. The van der Waals surface area contributed by atoms with Crippen LogP contribution in [-0.2, 0) is 0 Å². The van der Waals surface area contributed by atoms with E-state index >= 15 is 0 Å². The van der Waals surface area contributed by atoms with E-state index in [1.54, 1.807) is 0 Å². The fourth-order valence-corrected chi connectivity index (χ4v) is 2.01. The molecule has 0 amide bonds. The molecule has 3 N–H and O–H groups in total. The lowest BCUT2D eigenvalue weighted by atomic mass is 10.0. The number of hydrogen-bond donors (Lipinski definition) is 2. The summed E-state index contributed by atoms with van der Waals surface area (Å²) in [5.41, 5.74) is 11.5. The van der Waals surface area contributed by atoms with Crippen LogP contribution in [0.15, 0.2) is 30.3 Å². The molecule has 0 atom stereocenters. The van der Waals surface area contributed by atoms with E-state index in [0.29, 0.717) is 5.56 Å². The van der Waals surface area contributed by atoms with E-state index < -0.39 is 0 Å². The Bertz CT molecular complexity index is 615. The number of aryl methyl sites for hydroxylation is 3. The van der Waals surface area contributed by atoms with Crippen LogP contribution >= 0.6 is 0 Å². The van der Waals surface area contributed by atoms with Gasteiger partial charge in [0, 0.05) is 16.8 Å². The zero-order valence-corrected chi connectivity index (χ0v) is 10.9. The molecule has 1 aromatic carbocycles. The third-order valence-corrected chi connectivity index (χ3v) is 3.05. The van der Waals surface area contributed by atoms with Gasteiger partial charge in [0.15, 0.2) is 0 Å². The molecule has 1 heterocycles. The summed E-state index contributed by atoms with van der Waals surface area (Å²) >= 11 is 0. The lowest BCUT2D eigenvalue weighted by Crippen LogP contribution is -2.13. The number of amidine groups is 1. The van der Waals surface area contributed by atoms with Crippen LogP contribution in [0, 0.1) is 26.2 Å². The maximum atomic E-state index is 7.47. The molecular weight excluding hydrogens is 222 g/mol. The minimum Gasteiger partial charge on any atom is -0.384 e. The molecule has 0 aliphatic carbocycles. The van der Waals surface area contributed by atoms with Crippen molar-refractivity contribution in [3.63, 3.8) is 0 Å². The first-order valence-corrected chi connectivity index (χ1v) is 5.88. The highest BCUT2D eigenvalue weighted by Gasteiger charge is 2.08. The van der Waals surface area contributed by atoms with Gasteiger partial charge in [0.05, 0.1) is 5.69 Å². The summed E-state index contributed by atoms with van der Waals surface area (Å²) in [7, 11) is 0. The molecule has 18 heavy (non-hydrogen) atoms. The molecule has 0 saturated heterocycles. The molecule has 0 aliphatic heterocycles. The molecule has 1 aromatic heterocycles. The Kier molecular flexibility index (Phi) is 3.15. The van der Waals surface area contributed by atoms with Gasteiger partial charge < -0.3 is 5.73 Å². The Morgan fingerprint density at radius 1 is 1.11 bits per heavy atom. The van der Waals surface area contributed by atoms with Crippen molar-refractivity contribution in [3.05, 3.63) is 52.7 Å². The van der Waals surface area contributed by atoms with Crippen LogP contribution in [0.2, 0.25) is 0 Å². The van der Waals surface area contributed by atoms with Crippen molar-refractivity contribution in [1.82, 2.24) is 4.98 Å². The number of nitrogens with one attached hydrogen (secondary N) is 1. The van der Waals surface area contributed by atoms with Gasteiger partial charge in [-0.15, -0.1) is 0 Å². The highest BCUT2D eigenvalue weighted by molar-refractivity contribution is 5.96.